The number of benzene rings is 1. The van der Waals surface area contributed by atoms with Crippen molar-refractivity contribution in [2.75, 3.05) is 5.32 Å². The van der Waals surface area contributed by atoms with Crippen molar-refractivity contribution >= 4 is 51.3 Å². The quantitative estimate of drug-likeness (QED) is 0.297. The molecule has 0 aliphatic carbocycles. The highest BCUT2D eigenvalue weighted by Crippen LogP contribution is 2.36. The maximum Gasteiger partial charge on any atom is 0.494 e. The first-order valence-corrected chi connectivity index (χ1v) is 14.0. The van der Waals surface area contributed by atoms with Crippen LogP contribution in [0.4, 0.5) is 10.6 Å². The third-order valence-corrected chi connectivity index (χ3v) is 7.18. The molecule has 1 aliphatic heterocycles. The van der Waals surface area contributed by atoms with Crippen LogP contribution in [0.1, 0.15) is 54.2 Å². The highest BCUT2D eigenvalue weighted by Gasteiger charge is 2.51. The van der Waals surface area contributed by atoms with E-state index in [1.165, 1.54) is 10.6 Å². The van der Waals surface area contributed by atoms with Crippen molar-refractivity contribution in [3.05, 3.63) is 81.4 Å². The number of rotatable bonds is 4. The van der Waals surface area contributed by atoms with Crippen LogP contribution in [0, 0.1) is 0 Å². The fourth-order valence-corrected chi connectivity index (χ4v) is 4.31. The molecule has 12 heteroatoms. The van der Waals surface area contributed by atoms with Gasteiger partial charge in [-0.2, -0.15) is 5.10 Å². The molecule has 0 unspecified atom stereocenters. The summed E-state index contributed by atoms with van der Waals surface area (Å²) in [7, 11) is -0.317. The number of H-pyrrole nitrogens is 1. The maximum atomic E-state index is 11.8. The molecule has 1 saturated heterocycles. The summed E-state index contributed by atoms with van der Waals surface area (Å²) in [5.74, 6) is 0.375. The van der Waals surface area contributed by atoms with Gasteiger partial charge in [-0.1, -0.05) is 18.2 Å². The molecule has 41 heavy (non-hydrogen) atoms. The molecule has 4 heterocycles. The lowest BCUT2D eigenvalue weighted by Crippen LogP contribution is -2.41. The number of halogens is 1. The lowest BCUT2D eigenvalue weighted by molar-refractivity contribution is 0.00578. The van der Waals surface area contributed by atoms with Crippen LogP contribution in [0.2, 0.25) is 0 Å². The van der Waals surface area contributed by atoms with Crippen LogP contribution in [0.25, 0.3) is 10.9 Å². The number of aromatic amines is 1. The van der Waals surface area contributed by atoms with E-state index in [9.17, 15) is 9.59 Å². The summed E-state index contributed by atoms with van der Waals surface area (Å²) in [4.78, 5) is 27.9. The lowest BCUT2D eigenvalue weighted by atomic mass is 9.79. The Morgan fingerprint density at radius 1 is 1.10 bits per heavy atom. The van der Waals surface area contributed by atoms with Crippen LogP contribution in [0.5, 0.6) is 0 Å². The molecule has 1 aromatic carbocycles. The molecule has 4 aromatic rings. The molecule has 0 spiro atoms. The number of nitrogens with zero attached hydrogens (tertiary/aromatic N) is 3. The Labute approximate surface area is 248 Å². The highest BCUT2D eigenvalue weighted by atomic mass is 79.9. The topological polar surface area (TPSA) is 120 Å². The normalized spacial score (nSPS) is 15.8. The van der Waals surface area contributed by atoms with Gasteiger partial charge in [-0.25, -0.2) is 9.78 Å². The van der Waals surface area contributed by atoms with Crippen LogP contribution < -0.4 is 16.3 Å². The maximum absolute atomic E-state index is 11.8. The number of pyridine rings is 2. The van der Waals surface area contributed by atoms with Gasteiger partial charge in [-0.15, -0.1) is 0 Å². The zero-order chi connectivity index (χ0) is 30.0. The third-order valence-electron chi connectivity index (χ3n) is 6.71. The second-order valence-corrected chi connectivity index (χ2v) is 12.7. The molecule has 1 fully saturated rings. The Hall–Kier alpha value is -3.48. The van der Waals surface area contributed by atoms with Crippen molar-refractivity contribution in [1.29, 1.82) is 0 Å². The molecule has 0 saturated carbocycles. The summed E-state index contributed by atoms with van der Waals surface area (Å²) in [5.41, 5.74) is 1.36. The minimum absolute atomic E-state index is 0.125. The molecule has 10 nitrogen and oxygen atoms in total. The predicted octanol–water partition coefficient (Wildman–Crippen LogP) is 5.26. The molecule has 1 aliphatic rings. The molecule has 2 N–H and O–H groups in total. The van der Waals surface area contributed by atoms with Gasteiger partial charge >= 0.3 is 13.2 Å². The van der Waals surface area contributed by atoms with E-state index < -0.39 is 11.7 Å². The number of hydrogen-bond donors (Lipinski definition) is 2. The minimum Gasteiger partial charge on any atom is -0.444 e. The Balaban J connectivity index is 0.000000194. The number of hydrogen-bond acceptors (Lipinski definition) is 7. The number of nitrogens with one attached hydrogen (secondary N) is 2. The molecule has 3 aromatic heterocycles. The summed E-state index contributed by atoms with van der Waals surface area (Å²) < 4.78 is 19.6. The van der Waals surface area contributed by atoms with Crippen molar-refractivity contribution < 1.29 is 18.8 Å². The molecular formula is C29H35BBrN5O5. The molecular weight excluding hydrogens is 589 g/mol. The largest absolute Gasteiger partial charge is 0.494 e. The third kappa shape index (κ3) is 7.84. The zero-order valence-corrected chi connectivity index (χ0v) is 25.9. The number of carbonyl (C=O) groups excluding carboxylic acids is 1. The van der Waals surface area contributed by atoms with Crippen LogP contribution in [0.3, 0.4) is 0 Å². The van der Waals surface area contributed by atoms with Crippen LogP contribution in [-0.4, -0.2) is 49.8 Å². The number of carbonyl (C=O) groups is 1. The average molecular weight is 624 g/mol. The first-order chi connectivity index (χ1) is 19.1. The SMILES string of the molecule is CC(C)(C)OC(=O)Nc1cccc(Cn2cc(Br)ccc2=O)n1.CC1(C)OB(c2ccc3cn[nH]c3c2)OC1(C)C. The van der Waals surface area contributed by atoms with E-state index >= 15 is 0 Å². The zero-order valence-electron chi connectivity index (χ0n) is 24.3. The molecule has 0 radical (unpaired) electrons. The fraction of sp³-hybridized carbons (Fsp3) is 0.379. The Bertz CT molecular complexity index is 1580. The Morgan fingerprint density at radius 2 is 1.80 bits per heavy atom. The van der Waals surface area contributed by atoms with E-state index in [1.54, 1.807) is 51.2 Å². The van der Waals surface area contributed by atoms with E-state index in [4.69, 9.17) is 14.0 Å². The number of aromatic nitrogens is 4. The molecule has 216 valence electrons. The van der Waals surface area contributed by atoms with Crippen LogP contribution in [0.15, 0.2) is 70.2 Å². The average Bonchev–Trinajstić information content (AvgIpc) is 3.41. The van der Waals surface area contributed by atoms with E-state index in [0.29, 0.717) is 18.1 Å². The lowest BCUT2D eigenvalue weighted by Gasteiger charge is -2.32. The smallest absolute Gasteiger partial charge is 0.444 e. The fourth-order valence-electron chi connectivity index (χ4n) is 3.93. The first kappa shape index (κ1) is 30.5. The number of anilines is 1. The van der Waals surface area contributed by atoms with E-state index in [2.05, 4.69) is 64.1 Å². The van der Waals surface area contributed by atoms with Gasteiger partial charge in [0.2, 0.25) is 0 Å². The Morgan fingerprint density at radius 3 is 2.49 bits per heavy atom. The van der Waals surface area contributed by atoms with Gasteiger partial charge in [-0.05, 0) is 94.1 Å². The second-order valence-electron chi connectivity index (χ2n) is 11.8. The van der Waals surface area contributed by atoms with Crippen molar-refractivity contribution in [3.8, 4) is 0 Å². The van der Waals surface area contributed by atoms with Gasteiger partial charge in [0.15, 0.2) is 0 Å². The summed E-state index contributed by atoms with van der Waals surface area (Å²) >= 11 is 3.33. The van der Waals surface area contributed by atoms with Crippen molar-refractivity contribution in [1.82, 2.24) is 19.7 Å². The summed E-state index contributed by atoms with van der Waals surface area (Å²) in [6.45, 7) is 13.9. The predicted molar refractivity (Wildman–Crippen MR) is 163 cm³/mol. The number of amides is 1. The van der Waals surface area contributed by atoms with Gasteiger partial charge in [0, 0.05) is 22.1 Å². The van der Waals surface area contributed by atoms with Crippen molar-refractivity contribution in [2.45, 2.75) is 71.8 Å². The van der Waals surface area contributed by atoms with Crippen LogP contribution >= 0.6 is 15.9 Å². The Kier molecular flexibility index (Phi) is 8.77. The number of fused-ring (bicyclic) bond motifs is 1. The van der Waals surface area contributed by atoms with Crippen molar-refractivity contribution in [3.63, 3.8) is 0 Å². The summed E-state index contributed by atoms with van der Waals surface area (Å²) in [6.07, 6.45) is 2.93. The standard InChI is InChI=1S/C16H18BrN3O3.C13H17BN2O2/c1-16(2,3)23-15(22)19-13-6-4-5-12(18-13)10-20-9-11(17)7-8-14(20)21;1-12(2)13(3,4)18-14(17-12)10-6-5-9-8-15-16-11(9)7-10/h4-9H,10H2,1-3H3,(H,18,19,22);5-8H,1-4H3,(H,15,16). The second kappa shape index (κ2) is 11.8. The summed E-state index contributed by atoms with van der Waals surface area (Å²) in [6, 6.07) is 14.5. The van der Waals surface area contributed by atoms with Gasteiger partial charge in [-0.3, -0.25) is 15.2 Å². The minimum atomic E-state index is -0.578. The molecule has 5 rings (SSSR count). The van der Waals surface area contributed by atoms with Gasteiger partial charge in [0.25, 0.3) is 5.56 Å². The van der Waals surface area contributed by atoms with Gasteiger partial charge in [0.1, 0.15) is 11.4 Å². The van der Waals surface area contributed by atoms with Crippen LogP contribution in [-0.2, 0) is 20.6 Å². The number of ether oxygens (including phenoxy) is 1. The highest BCUT2D eigenvalue weighted by molar-refractivity contribution is 9.10. The van der Waals surface area contributed by atoms with Gasteiger partial charge in [0.05, 0.1) is 35.2 Å². The molecule has 0 bridgehead atoms. The summed E-state index contributed by atoms with van der Waals surface area (Å²) in [5, 5.41) is 10.7. The molecule has 0 atom stereocenters. The van der Waals surface area contributed by atoms with E-state index in [0.717, 1.165) is 20.8 Å². The van der Waals surface area contributed by atoms with Crippen molar-refractivity contribution in [2.24, 2.45) is 0 Å². The first-order valence-electron chi connectivity index (χ1n) is 13.2. The monoisotopic (exact) mass is 623 g/mol. The van der Waals surface area contributed by atoms with Gasteiger partial charge < -0.3 is 18.6 Å². The van der Waals surface area contributed by atoms with E-state index in [1.807, 2.05) is 24.4 Å². The molecule has 1 amide bonds. The van der Waals surface area contributed by atoms with E-state index in [-0.39, 0.29) is 23.9 Å².